The van der Waals surface area contributed by atoms with E-state index in [4.69, 9.17) is 10.2 Å². The molecule has 1 saturated carbocycles. The van der Waals surface area contributed by atoms with E-state index in [0.29, 0.717) is 5.92 Å². The Morgan fingerprint density at radius 2 is 1.74 bits per heavy atom. The number of carbonyl (C=O) groups excluding carboxylic acids is 2. The molecule has 0 aromatic rings. The van der Waals surface area contributed by atoms with Crippen molar-refractivity contribution in [3.05, 3.63) is 0 Å². The average Bonchev–Trinajstić information content (AvgIpc) is 2.40. The van der Waals surface area contributed by atoms with E-state index in [9.17, 15) is 9.59 Å². The lowest BCUT2D eigenvalue weighted by Gasteiger charge is -2.30. The lowest BCUT2D eigenvalue weighted by molar-refractivity contribution is -0.147. The van der Waals surface area contributed by atoms with Crippen molar-refractivity contribution in [2.75, 3.05) is 26.3 Å². The molecule has 0 spiro atoms. The fourth-order valence-electron chi connectivity index (χ4n) is 2.46. The summed E-state index contributed by atoms with van der Waals surface area (Å²) in [6.07, 6.45) is 4.21. The third kappa shape index (κ3) is 4.80. The van der Waals surface area contributed by atoms with Crippen LogP contribution in [0.3, 0.4) is 0 Å². The number of rotatable bonds is 5. The van der Waals surface area contributed by atoms with Crippen LogP contribution in [0.25, 0.3) is 0 Å². The molecule has 0 aliphatic heterocycles. The van der Waals surface area contributed by atoms with Crippen LogP contribution in [0.4, 0.5) is 0 Å². The van der Waals surface area contributed by atoms with Crippen LogP contribution >= 0.6 is 0 Å². The second-order valence-corrected chi connectivity index (χ2v) is 5.08. The summed E-state index contributed by atoms with van der Waals surface area (Å²) in [6, 6.07) is 0.0512. The van der Waals surface area contributed by atoms with E-state index in [1.54, 1.807) is 0 Å². The van der Waals surface area contributed by atoms with Gasteiger partial charge in [-0.05, 0) is 18.8 Å². The highest BCUT2D eigenvalue weighted by Crippen LogP contribution is 2.23. The van der Waals surface area contributed by atoms with E-state index in [2.05, 4.69) is 12.2 Å². The lowest BCUT2D eigenvalue weighted by atomic mass is 9.86. The zero-order valence-electron chi connectivity index (χ0n) is 11.5. The molecule has 0 aromatic carbocycles. The molecule has 0 bridgehead atoms. The Hall–Kier alpha value is -1.14. The minimum Gasteiger partial charge on any atom is -0.395 e. The molecule has 0 radical (unpaired) electrons. The molecule has 0 aromatic heterocycles. The Morgan fingerprint density at radius 1 is 1.16 bits per heavy atom. The second-order valence-electron chi connectivity index (χ2n) is 5.08. The zero-order valence-corrected chi connectivity index (χ0v) is 11.5. The molecule has 1 aliphatic carbocycles. The SMILES string of the molecule is CC1CCCCC1NC(=O)C(=O)N(CCO)CCO. The van der Waals surface area contributed by atoms with Crippen LogP contribution in [0, 0.1) is 5.92 Å². The quantitative estimate of drug-likeness (QED) is 0.588. The van der Waals surface area contributed by atoms with Crippen LogP contribution in [0.1, 0.15) is 32.6 Å². The summed E-state index contributed by atoms with van der Waals surface area (Å²) in [4.78, 5) is 24.9. The maximum absolute atomic E-state index is 11.9. The van der Waals surface area contributed by atoms with Crippen LogP contribution in [0.2, 0.25) is 0 Å². The van der Waals surface area contributed by atoms with Gasteiger partial charge in [0.05, 0.1) is 13.2 Å². The van der Waals surface area contributed by atoms with Gasteiger partial charge in [0.15, 0.2) is 0 Å². The first kappa shape index (κ1) is 15.9. The lowest BCUT2D eigenvalue weighted by Crippen LogP contribution is -2.50. The molecule has 2 unspecified atom stereocenters. The van der Waals surface area contributed by atoms with Gasteiger partial charge in [0.1, 0.15) is 0 Å². The van der Waals surface area contributed by atoms with Gasteiger partial charge in [-0.2, -0.15) is 0 Å². The number of amides is 2. The molecular formula is C13H24N2O4. The van der Waals surface area contributed by atoms with Gasteiger partial charge in [0.2, 0.25) is 0 Å². The maximum atomic E-state index is 11.9. The molecule has 19 heavy (non-hydrogen) atoms. The normalized spacial score (nSPS) is 22.9. The third-order valence-corrected chi connectivity index (χ3v) is 3.65. The zero-order chi connectivity index (χ0) is 14.3. The number of nitrogens with one attached hydrogen (secondary N) is 1. The molecule has 1 aliphatic rings. The number of hydrogen-bond acceptors (Lipinski definition) is 4. The van der Waals surface area contributed by atoms with E-state index in [0.717, 1.165) is 19.3 Å². The summed E-state index contributed by atoms with van der Waals surface area (Å²) in [7, 11) is 0. The molecule has 6 nitrogen and oxygen atoms in total. The van der Waals surface area contributed by atoms with Gasteiger partial charge < -0.3 is 20.4 Å². The standard InChI is InChI=1S/C13H24N2O4/c1-10-4-2-3-5-11(10)14-12(18)13(19)15(6-8-16)7-9-17/h10-11,16-17H,2-9H2,1H3,(H,14,18). The smallest absolute Gasteiger partial charge is 0.312 e. The maximum Gasteiger partial charge on any atom is 0.312 e. The second kappa shape index (κ2) is 8.12. The van der Waals surface area contributed by atoms with Gasteiger partial charge in [-0.25, -0.2) is 0 Å². The summed E-state index contributed by atoms with van der Waals surface area (Å²) in [5.41, 5.74) is 0. The monoisotopic (exact) mass is 272 g/mol. The molecule has 3 N–H and O–H groups in total. The van der Waals surface area contributed by atoms with E-state index >= 15 is 0 Å². The molecule has 2 amide bonds. The van der Waals surface area contributed by atoms with Crippen LogP contribution in [0.15, 0.2) is 0 Å². The van der Waals surface area contributed by atoms with Gasteiger partial charge >= 0.3 is 11.8 Å². The summed E-state index contributed by atoms with van der Waals surface area (Å²) in [5.74, 6) is -0.934. The third-order valence-electron chi connectivity index (χ3n) is 3.65. The molecule has 0 saturated heterocycles. The van der Waals surface area contributed by atoms with E-state index in [-0.39, 0.29) is 32.3 Å². The van der Waals surface area contributed by atoms with Crippen LogP contribution < -0.4 is 5.32 Å². The van der Waals surface area contributed by atoms with Gasteiger partial charge in [-0.15, -0.1) is 0 Å². The van der Waals surface area contributed by atoms with Crippen molar-refractivity contribution in [1.29, 1.82) is 0 Å². The van der Waals surface area contributed by atoms with Crippen molar-refractivity contribution < 1.29 is 19.8 Å². The molecule has 2 atom stereocenters. The predicted molar refractivity (Wildman–Crippen MR) is 70.3 cm³/mol. The van der Waals surface area contributed by atoms with E-state index < -0.39 is 11.8 Å². The molecule has 0 heterocycles. The molecule has 1 rings (SSSR count). The van der Waals surface area contributed by atoms with Crippen molar-refractivity contribution >= 4 is 11.8 Å². The van der Waals surface area contributed by atoms with Crippen LogP contribution in [-0.4, -0.2) is 59.3 Å². The Bertz CT molecular complexity index is 303. The first-order valence-electron chi connectivity index (χ1n) is 6.91. The average molecular weight is 272 g/mol. The Labute approximate surface area is 113 Å². The van der Waals surface area contributed by atoms with E-state index in [1.807, 2.05) is 0 Å². The summed E-state index contributed by atoms with van der Waals surface area (Å²) in [6.45, 7) is 1.76. The van der Waals surface area contributed by atoms with Gasteiger partial charge in [0, 0.05) is 19.1 Å². The Morgan fingerprint density at radius 3 is 2.26 bits per heavy atom. The summed E-state index contributed by atoms with van der Waals surface area (Å²) in [5, 5.41) is 20.5. The number of nitrogens with zero attached hydrogens (tertiary/aromatic N) is 1. The van der Waals surface area contributed by atoms with Crippen molar-refractivity contribution in [3.63, 3.8) is 0 Å². The van der Waals surface area contributed by atoms with Gasteiger partial charge in [-0.1, -0.05) is 19.8 Å². The highest BCUT2D eigenvalue weighted by molar-refractivity contribution is 6.35. The highest BCUT2D eigenvalue weighted by atomic mass is 16.3. The van der Waals surface area contributed by atoms with Crippen molar-refractivity contribution in [3.8, 4) is 0 Å². The first-order chi connectivity index (χ1) is 9.10. The van der Waals surface area contributed by atoms with Crippen molar-refractivity contribution in [1.82, 2.24) is 10.2 Å². The number of hydrogen-bond donors (Lipinski definition) is 3. The Kier molecular flexibility index (Phi) is 6.80. The minimum atomic E-state index is -0.680. The van der Waals surface area contributed by atoms with Gasteiger partial charge in [0.25, 0.3) is 0 Å². The Balaban J connectivity index is 2.52. The fourth-order valence-corrected chi connectivity index (χ4v) is 2.46. The van der Waals surface area contributed by atoms with E-state index in [1.165, 1.54) is 11.3 Å². The fraction of sp³-hybridized carbons (Fsp3) is 0.846. The number of carbonyl (C=O) groups is 2. The predicted octanol–water partition coefficient (Wildman–Crippen LogP) is -0.505. The first-order valence-corrected chi connectivity index (χ1v) is 6.91. The molecule has 110 valence electrons. The van der Waals surface area contributed by atoms with Crippen molar-refractivity contribution in [2.45, 2.75) is 38.6 Å². The highest BCUT2D eigenvalue weighted by Gasteiger charge is 2.27. The topological polar surface area (TPSA) is 89.9 Å². The summed E-state index contributed by atoms with van der Waals surface area (Å²) < 4.78 is 0. The number of aliphatic hydroxyl groups is 2. The van der Waals surface area contributed by atoms with Crippen LogP contribution in [0.5, 0.6) is 0 Å². The largest absolute Gasteiger partial charge is 0.395 e. The van der Waals surface area contributed by atoms with Crippen molar-refractivity contribution in [2.24, 2.45) is 5.92 Å². The summed E-state index contributed by atoms with van der Waals surface area (Å²) >= 11 is 0. The van der Waals surface area contributed by atoms with Crippen LogP contribution in [-0.2, 0) is 9.59 Å². The molecule has 6 heteroatoms. The molecule has 1 fully saturated rings. The van der Waals surface area contributed by atoms with Gasteiger partial charge in [-0.3, -0.25) is 9.59 Å². The molecular weight excluding hydrogens is 248 g/mol. The minimum absolute atomic E-state index is 0.0512. The number of aliphatic hydroxyl groups excluding tert-OH is 2.